The molecule has 0 amide bonds. The quantitative estimate of drug-likeness (QED) is 0.141. The van der Waals surface area contributed by atoms with Crippen LogP contribution < -0.4 is 5.73 Å². The largest absolute Gasteiger partial charge is 0.456 e. The molecule has 0 saturated carbocycles. The first-order chi connectivity index (χ1) is 30.1. The van der Waals surface area contributed by atoms with Crippen molar-refractivity contribution < 1.29 is 4.42 Å². The van der Waals surface area contributed by atoms with Crippen LogP contribution in [-0.2, 0) is 6.42 Å². The molecular formula is C58H42N2O. The molecule has 2 aromatic heterocycles. The van der Waals surface area contributed by atoms with Crippen molar-refractivity contribution in [2.24, 2.45) is 5.73 Å². The fourth-order valence-corrected chi connectivity index (χ4v) is 8.09. The number of aromatic nitrogens is 1. The molecule has 0 bridgehead atoms. The molecule has 0 unspecified atom stereocenters. The molecule has 10 aromatic rings. The number of hydrogen-bond acceptors (Lipinski definition) is 3. The van der Waals surface area contributed by atoms with E-state index in [4.69, 9.17) is 15.1 Å². The second-order valence-electron chi connectivity index (χ2n) is 15.4. The van der Waals surface area contributed by atoms with Gasteiger partial charge in [0.15, 0.2) is 0 Å². The predicted molar refractivity (Wildman–Crippen MR) is 255 cm³/mol. The zero-order valence-electron chi connectivity index (χ0n) is 33.6. The lowest BCUT2D eigenvalue weighted by Gasteiger charge is -2.11. The number of furan rings is 1. The lowest BCUT2D eigenvalue weighted by atomic mass is 9.96. The minimum absolute atomic E-state index is 0.713. The van der Waals surface area contributed by atoms with Crippen molar-refractivity contribution in [3.8, 4) is 55.9 Å². The Morgan fingerprint density at radius 1 is 0.410 bits per heavy atom. The Morgan fingerprint density at radius 2 is 0.902 bits per heavy atom. The summed E-state index contributed by atoms with van der Waals surface area (Å²) >= 11 is 0. The zero-order chi connectivity index (χ0) is 41.0. The van der Waals surface area contributed by atoms with Crippen LogP contribution in [0.4, 0.5) is 0 Å². The van der Waals surface area contributed by atoms with Gasteiger partial charge in [-0.15, -0.1) is 0 Å². The van der Waals surface area contributed by atoms with Crippen LogP contribution in [0.1, 0.15) is 16.7 Å². The first-order valence-electron chi connectivity index (χ1n) is 20.7. The van der Waals surface area contributed by atoms with Gasteiger partial charge in [0.1, 0.15) is 11.2 Å². The number of nitrogens with two attached hydrogens (primary N) is 1. The van der Waals surface area contributed by atoms with Crippen LogP contribution >= 0.6 is 0 Å². The second-order valence-corrected chi connectivity index (χ2v) is 15.4. The van der Waals surface area contributed by atoms with Gasteiger partial charge in [0, 0.05) is 27.6 Å². The van der Waals surface area contributed by atoms with Crippen molar-refractivity contribution in [2.45, 2.75) is 6.42 Å². The molecule has 10 rings (SSSR count). The number of nitrogens with zero attached hydrogens (tertiary/aromatic N) is 1. The first kappa shape index (κ1) is 37.3. The van der Waals surface area contributed by atoms with Crippen LogP contribution in [0.25, 0.3) is 89.1 Å². The molecule has 3 heteroatoms. The van der Waals surface area contributed by atoms with Crippen LogP contribution in [0.15, 0.2) is 235 Å². The molecule has 0 fully saturated rings. The van der Waals surface area contributed by atoms with E-state index >= 15 is 0 Å². The Hall–Kier alpha value is -8.01. The van der Waals surface area contributed by atoms with Gasteiger partial charge in [-0.25, -0.2) is 4.98 Å². The van der Waals surface area contributed by atoms with E-state index in [-0.39, 0.29) is 0 Å². The third-order valence-electron chi connectivity index (χ3n) is 11.3. The molecule has 2 N–H and O–H groups in total. The van der Waals surface area contributed by atoms with Crippen LogP contribution in [0.2, 0.25) is 0 Å². The number of pyridine rings is 1. The monoisotopic (exact) mass is 782 g/mol. The fraction of sp³-hybridized carbons (Fsp3) is 0.0172. The average Bonchev–Trinajstić information content (AvgIpc) is 3.71. The summed E-state index contributed by atoms with van der Waals surface area (Å²) in [4.78, 5) is 5.19. The molecule has 0 atom stereocenters. The molecule has 3 nitrogen and oxygen atoms in total. The molecule has 2 heterocycles. The minimum atomic E-state index is 0.713. The average molecular weight is 783 g/mol. The SMILES string of the molecule is N/C(=C\C(=C/Cc1ccccc1)c1ccccc1)c1cccc(-c2ccc3oc4ccc(-c5cccc(-c6cc(-c7ccccc7)cc(-c7ccccc7)n6)c5)cc4c3c2)c1. The Kier molecular flexibility index (Phi) is 10.2. The third-order valence-corrected chi connectivity index (χ3v) is 11.3. The maximum Gasteiger partial charge on any atom is 0.135 e. The maximum atomic E-state index is 6.89. The van der Waals surface area contributed by atoms with E-state index in [1.165, 1.54) is 5.56 Å². The minimum Gasteiger partial charge on any atom is -0.456 e. The molecule has 0 aliphatic rings. The molecular weight excluding hydrogens is 741 g/mol. The molecule has 0 saturated heterocycles. The summed E-state index contributed by atoms with van der Waals surface area (Å²) in [5.74, 6) is 0. The van der Waals surface area contributed by atoms with Crippen LogP contribution in [0, 0.1) is 0 Å². The highest BCUT2D eigenvalue weighted by molar-refractivity contribution is 6.07. The summed E-state index contributed by atoms with van der Waals surface area (Å²) in [7, 11) is 0. The van der Waals surface area contributed by atoms with Crippen LogP contribution in [-0.4, -0.2) is 4.98 Å². The molecule has 0 aliphatic heterocycles. The lowest BCUT2D eigenvalue weighted by molar-refractivity contribution is 0.669. The predicted octanol–water partition coefficient (Wildman–Crippen LogP) is 14.9. The highest BCUT2D eigenvalue weighted by Gasteiger charge is 2.14. The second kappa shape index (κ2) is 16.7. The molecule has 8 aromatic carbocycles. The van der Waals surface area contributed by atoms with Crippen LogP contribution in [0.5, 0.6) is 0 Å². The number of fused-ring (bicyclic) bond motifs is 3. The Balaban J connectivity index is 0.982. The summed E-state index contributed by atoms with van der Waals surface area (Å²) < 4.78 is 6.39. The van der Waals surface area contributed by atoms with Gasteiger partial charge in [-0.1, -0.05) is 176 Å². The van der Waals surface area contributed by atoms with E-state index in [1.807, 2.05) is 18.2 Å². The van der Waals surface area contributed by atoms with Gasteiger partial charge < -0.3 is 10.2 Å². The van der Waals surface area contributed by atoms with Gasteiger partial charge in [-0.2, -0.15) is 0 Å². The Bertz CT molecular complexity index is 3140. The van der Waals surface area contributed by atoms with E-state index in [0.717, 1.165) is 101 Å². The van der Waals surface area contributed by atoms with Gasteiger partial charge in [0.2, 0.25) is 0 Å². The van der Waals surface area contributed by atoms with E-state index in [2.05, 4.69) is 212 Å². The van der Waals surface area contributed by atoms with Crippen molar-refractivity contribution in [1.82, 2.24) is 4.98 Å². The van der Waals surface area contributed by atoms with E-state index in [0.29, 0.717) is 5.70 Å². The van der Waals surface area contributed by atoms with Crippen molar-refractivity contribution in [2.75, 3.05) is 0 Å². The van der Waals surface area contributed by atoms with E-state index in [1.54, 1.807) is 0 Å². The van der Waals surface area contributed by atoms with Crippen LogP contribution in [0.3, 0.4) is 0 Å². The van der Waals surface area contributed by atoms with Crippen molar-refractivity contribution in [3.63, 3.8) is 0 Å². The van der Waals surface area contributed by atoms with Gasteiger partial charge in [-0.05, 0) is 117 Å². The number of rotatable bonds is 10. The van der Waals surface area contributed by atoms with Gasteiger partial charge >= 0.3 is 0 Å². The Labute approximate surface area is 356 Å². The molecule has 290 valence electrons. The molecule has 61 heavy (non-hydrogen) atoms. The van der Waals surface area contributed by atoms with Crippen molar-refractivity contribution in [1.29, 1.82) is 0 Å². The third kappa shape index (κ3) is 8.06. The molecule has 0 spiro atoms. The van der Waals surface area contributed by atoms with Crippen molar-refractivity contribution >= 4 is 33.2 Å². The smallest absolute Gasteiger partial charge is 0.135 e. The summed E-state index contributed by atoms with van der Waals surface area (Å²) in [5.41, 5.74) is 24.5. The van der Waals surface area contributed by atoms with Gasteiger partial charge in [-0.3, -0.25) is 0 Å². The summed E-state index contributed by atoms with van der Waals surface area (Å²) in [6.45, 7) is 0. The molecule has 0 aliphatic carbocycles. The highest BCUT2D eigenvalue weighted by Crippen LogP contribution is 2.37. The number of benzene rings is 8. The lowest BCUT2D eigenvalue weighted by Crippen LogP contribution is -1.98. The van der Waals surface area contributed by atoms with Crippen molar-refractivity contribution in [3.05, 3.63) is 247 Å². The maximum absolute atomic E-state index is 6.89. The number of hydrogen-bond donors (Lipinski definition) is 1. The topological polar surface area (TPSA) is 52.0 Å². The highest BCUT2D eigenvalue weighted by atomic mass is 16.3. The first-order valence-corrected chi connectivity index (χ1v) is 20.7. The summed E-state index contributed by atoms with van der Waals surface area (Å²) in [6.07, 6.45) is 5.17. The summed E-state index contributed by atoms with van der Waals surface area (Å²) in [6, 6.07) is 76.3. The fourth-order valence-electron chi connectivity index (χ4n) is 8.09. The molecule has 0 radical (unpaired) electrons. The zero-order valence-corrected chi connectivity index (χ0v) is 33.6. The standard InChI is InChI=1S/C58H42N2O/c59-54(37-48(41-17-7-2-8-18-41)28-27-40-15-5-1-6-16-40)49-25-13-23-44(33-49)46-29-31-57-52(35-46)53-36-47(30-32-58(53)61-57)45-24-14-26-50(34-45)56-39-51(42-19-9-3-10-20-42)38-55(60-56)43-21-11-4-12-22-43/h1-26,28-39H,27,59H2/b48-28+,54-37-. The Morgan fingerprint density at radius 3 is 1.56 bits per heavy atom. The number of allylic oxidation sites excluding steroid dienone is 3. The normalized spacial score (nSPS) is 11.9. The van der Waals surface area contributed by atoms with Gasteiger partial charge in [0.05, 0.1) is 11.4 Å². The van der Waals surface area contributed by atoms with E-state index < -0.39 is 0 Å². The van der Waals surface area contributed by atoms with E-state index in [9.17, 15) is 0 Å². The summed E-state index contributed by atoms with van der Waals surface area (Å²) in [5, 5.41) is 2.14. The van der Waals surface area contributed by atoms with Gasteiger partial charge in [0.25, 0.3) is 0 Å².